The number of carbonyl (C=O) groups excluding carboxylic acids is 1. The highest BCUT2D eigenvalue weighted by Crippen LogP contribution is 2.12. The van der Waals surface area contributed by atoms with E-state index in [1.54, 1.807) is 6.07 Å². The van der Waals surface area contributed by atoms with Crippen molar-refractivity contribution < 1.29 is 4.79 Å². The molecule has 0 aliphatic heterocycles. The standard InChI is InChI=1S/C11H9ClN2O/c12-9-3-1-8(2-4-9)5-10-6-11(7-15)14-13-10/h1-4,6-7H,5H2,(H,13,14). The molecule has 4 heteroatoms. The van der Waals surface area contributed by atoms with Gasteiger partial charge in [-0.3, -0.25) is 9.89 Å². The van der Waals surface area contributed by atoms with Crippen molar-refractivity contribution in [1.82, 2.24) is 10.2 Å². The molecule has 0 spiro atoms. The zero-order chi connectivity index (χ0) is 10.7. The number of nitrogens with one attached hydrogen (secondary N) is 1. The summed E-state index contributed by atoms with van der Waals surface area (Å²) in [5.41, 5.74) is 2.47. The van der Waals surface area contributed by atoms with Crippen molar-refractivity contribution in [3.8, 4) is 0 Å². The van der Waals surface area contributed by atoms with Crippen LogP contribution in [0.2, 0.25) is 5.02 Å². The van der Waals surface area contributed by atoms with Crippen molar-refractivity contribution in [2.24, 2.45) is 0 Å². The van der Waals surface area contributed by atoms with Crippen LogP contribution >= 0.6 is 11.6 Å². The number of H-pyrrole nitrogens is 1. The Morgan fingerprint density at radius 2 is 2.07 bits per heavy atom. The Labute approximate surface area is 92.1 Å². The quantitative estimate of drug-likeness (QED) is 0.808. The second kappa shape index (κ2) is 4.28. The third kappa shape index (κ3) is 2.44. The highest BCUT2D eigenvalue weighted by atomic mass is 35.5. The van der Waals surface area contributed by atoms with E-state index in [2.05, 4.69) is 10.2 Å². The first-order valence-corrected chi connectivity index (χ1v) is 4.89. The number of hydrogen-bond donors (Lipinski definition) is 1. The van der Waals surface area contributed by atoms with E-state index in [0.29, 0.717) is 5.69 Å². The van der Waals surface area contributed by atoms with Crippen molar-refractivity contribution >= 4 is 17.9 Å². The SMILES string of the molecule is O=Cc1cc(Cc2ccc(Cl)cc2)[nH]n1. The molecular formula is C11H9ClN2O. The lowest BCUT2D eigenvalue weighted by molar-refractivity contribution is 0.111. The maximum Gasteiger partial charge on any atom is 0.170 e. The molecule has 3 nitrogen and oxygen atoms in total. The molecule has 76 valence electrons. The lowest BCUT2D eigenvalue weighted by Gasteiger charge is -1.97. The van der Waals surface area contributed by atoms with Crippen molar-refractivity contribution in [3.63, 3.8) is 0 Å². The first-order chi connectivity index (χ1) is 7.28. The van der Waals surface area contributed by atoms with Gasteiger partial charge in [-0.2, -0.15) is 5.10 Å². The molecule has 0 saturated heterocycles. The minimum atomic E-state index is 0.430. The normalized spacial score (nSPS) is 10.2. The lowest BCUT2D eigenvalue weighted by Crippen LogP contribution is -1.87. The predicted molar refractivity (Wildman–Crippen MR) is 58.2 cm³/mol. The van der Waals surface area contributed by atoms with Crippen molar-refractivity contribution in [2.75, 3.05) is 0 Å². The number of hydrogen-bond acceptors (Lipinski definition) is 2. The number of aromatic amines is 1. The molecule has 0 bridgehead atoms. The third-order valence-electron chi connectivity index (χ3n) is 2.08. The summed E-state index contributed by atoms with van der Waals surface area (Å²) < 4.78 is 0. The first kappa shape index (κ1) is 9.93. The van der Waals surface area contributed by atoms with Crippen LogP contribution in [0.25, 0.3) is 0 Å². The molecular weight excluding hydrogens is 212 g/mol. The molecule has 0 saturated carbocycles. The number of halogens is 1. The van der Waals surface area contributed by atoms with Gasteiger partial charge in [0.1, 0.15) is 5.69 Å². The summed E-state index contributed by atoms with van der Waals surface area (Å²) in [6.07, 6.45) is 1.44. The minimum Gasteiger partial charge on any atom is -0.296 e. The Morgan fingerprint density at radius 3 is 2.67 bits per heavy atom. The molecule has 1 aromatic carbocycles. The molecule has 0 fully saturated rings. The highest BCUT2D eigenvalue weighted by Gasteiger charge is 2.01. The van der Waals surface area contributed by atoms with E-state index in [9.17, 15) is 4.79 Å². The van der Waals surface area contributed by atoms with Crippen molar-refractivity contribution in [3.05, 3.63) is 52.3 Å². The summed E-state index contributed by atoms with van der Waals surface area (Å²) in [6, 6.07) is 9.32. The van der Waals surface area contributed by atoms with Crippen LogP contribution < -0.4 is 0 Å². The van der Waals surface area contributed by atoms with Crippen LogP contribution in [-0.2, 0) is 6.42 Å². The van der Waals surface area contributed by atoms with Gasteiger partial charge in [-0.1, -0.05) is 23.7 Å². The molecule has 0 aliphatic rings. The summed E-state index contributed by atoms with van der Waals surface area (Å²) >= 11 is 5.77. The Kier molecular flexibility index (Phi) is 2.83. The Bertz CT molecular complexity index is 462. The van der Waals surface area contributed by atoms with Gasteiger partial charge in [0.05, 0.1) is 0 Å². The fourth-order valence-corrected chi connectivity index (χ4v) is 1.48. The van der Waals surface area contributed by atoms with Gasteiger partial charge < -0.3 is 0 Å². The summed E-state index contributed by atoms with van der Waals surface area (Å²) in [7, 11) is 0. The predicted octanol–water partition coefficient (Wildman–Crippen LogP) is 2.47. The molecule has 15 heavy (non-hydrogen) atoms. The molecule has 1 aromatic heterocycles. The van der Waals surface area contributed by atoms with Gasteiger partial charge in [0.2, 0.25) is 0 Å². The highest BCUT2D eigenvalue weighted by molar-refractivity contribution is 6.30. The molecule has 0 amide bonds. The molecule has 2 aromatic rings. The van der Waals surface area contributed by atoms with Gasteiger partial charge in [-0.15, -0.1) is 0 Å². The number of carbonyl (C=O) groups is 1. The van der Waals surface area contributed by atoms with E-state index >= 15 is 0 Å². The zero-order valence-corrected chi connectivity index (χ0v) is 8.66. The van der Waals surface area contributed by atoms with Gasteiger partial charge in [0.15, 0.2) is 6.29 Å². The number of aromatic nitrogens is 2. The smallest absolute Gasteiger partial charge is 0.170 e. The topological polar surface area (TPSA) is 45.8 Å². The van der Waals surface area contributed by atoms with Crippen LogP contribution in [0.3, 0.4) is 0 Å². The largest absolute Gasteiger partial charge is 0.296 e. The van der Waals surface area contributed by atoms with E-state index in [-0.39, 0.29) is 0 Å². The fraction of sp³-hybridized carbons (Fsp3) is 0.0909. The average molecular weight is 221 g/mol. The number of rotatable bonds is 3. The molecule has 0 atom stereocenters. The van der Waals surface area contributed by atoms with Crippen molar-refractivity contribution in [2.45, 2.75) is 6.42 Å². The maximum absolute atomic E-state index is 10.4. The van der Waals surface area contributed by atoms with E-state index in [1.807, 2.05) is 24.3 Å². The van der Waals surface area contributed by atoms with Crippen LogP contribution in [0.5, 0.6) is 0 Å². The Morgan fingerprint density at radius 1 is 1.33 bits per heavy atom. The second-order valence-electron chi connectivity index (χ2n) is 3.24. The first-order valence-electron chi connectivity index (χ1n) is 4.52. The van der Waals surface area contributed by atoms with Gasteiger partial charge in [0, 0.05) is 17.1 Å². The van der Waals surface area contributed by atoms with Crippen LogP contribution in [0, 0.1) is 0 Å². The van der Waals surface area contributed by atoms with Crippen LogP contribution in [0.1, 0.15) is 21.7 Å². The zero-order valence-electron chi connectivity index (χ0n) is 7.90. The third-order valence-corrected chi connectivity index (χ3v) is 2.33. The fourth-order valence-electron chi connectivity index (χ4n) is 1.35. The lowest BCUT2D eigenvalue weighted by atomic mass is 10.1. The van der Waals surface area contributed by atoms with Gasteiger partial charge in [-0.25, -0.2) is 0 Å². The van der Waals surface area contributed by atoms with E-state index in [0.717, 1.165) is 29.0 Å². The molecule has 0 unspecified atom stereocenters. The Hall–Kier alpha value is -1.61. The van der Waals surface area contributed by atoms with Crippen LogP contribution in [0.4, 0.5) is 0 Å². The number of benzene rings is 1. The van der Waals surface area contributed by atoms with Crippen LogP contribution in [0.15, 0.2) is 30.3 Å². The van der Waals surface area contributed by atoms with E-state index in [1.165, 1.54) is 0 Å². The summed E-state index contributed by atoms with van der Waals surface area (Å²) in [6.45, 7) is 0. The van der Waals surface area contributed by atoms with Gasteiger partial charge >= 0.3 is 0 Å². The number of aldehydes is 1. The van der Waals surface area contributed by atoms with Crippen molar-refractivity contribution in [1.29, 1.82) is 0 Å². The monoisotopic (exact) mass is 220 g/mol. The van der Waals surface area contributed by atoms with E-state index < -0.39 is 0 Å². The second-order valence-corrected chi connectivity index (χ2v) is 3.68. The molecule has 2 rings (SSSR count). The maximum atomic E-state index is 10.4. The van der Waals surface area contributed by atoms with Gasteiger partial charge in [-0.05, 0) is 23.8 Å². The van der Waals surface area contributed by atoms with Gasteiger partial charge in [0.25, 0.3) is 0 Å². The molecule has 1 heterocycles. The summed E-state index contributed by atoms with van der Waals surface area (Å²) in [5, 5.41) is 7.35. The summed E-state index contributed by atoms with van der Waals surface area (Å²) in [4.78, 5) is 10.4. The number of nitrogens with zero attached hydrogens (tertiary/aromatic N) is 1. The summed E-state index contributed by atoms with van der Waals surface area (Å²) in [5.74, 6) is 0. The molecule has 1 N–H and O–H groups in total. The van der Waals surface area contributed by atoms with E-state index in [4.69, 9.17) is 11.6 Å². The minimum absolute atomic E-state index is 0.430. The molecule has 0 radical (unpaired) electrons. The van der Waals surface area contributed by atoms with Crippen LogP contribution in [-0.4, -0.2) is 16.5 Å². The molecule has 0 aliphatic carbocycles. The Balaban J connectivity index is 2.14. The average Bonchev–Trinajstić information content (AvgIpc) is 2.69.